The maximum atomic E-state index is 12.2. The van der Waals surface area contributed by atoms with Gasteiger partial charge in [-0.1, -0.05) is 30.3 Å². The van der Waals surface area contributed by atoms with Crippen LogP contribution in [0.1, 0.15) is 18.5 Å². The number of hydrogen-bond acceptors (Lipinski definition) is 4. The number of amides is 4. The number of primary sulfonamides is 1. The second-order valence-corrected chi connectivity index (χ2v) is 8.52. The Balaban J connectivity index is 1.52. The number of carbonyl (C=O) groups is 2. The van der Waals surface area contributed by atoms with Gasteiger partial charge in [-0.15, -0.1) is 0 Å². The van der Waals surface area contributed by atoms with E-state index in [2.05, 4.69) is 21.3 Å². The van der Waals surface area contributed by atoms with Gasteiger partial charge in [-0.2, -0.15) is 0 Å². The molecule has 1 atom stereocenters. The fourth-order valence-corrected chi connectivity index (χ4v) is 3.36. The number of nitrogens with two attached hydrogens (primary N) is 1. The first-order valence-corrected chi connectivity index (χ1v) is 11.2. The fraction of sp³-hybridized carbons (Fsp3) is 0.0909. The number of hydrogen-bond donors (Lipinski definition) is 5. The van der Waals surface area contributed by atoms with Gasteiger partial charge >= 0.3 is 12.1 Å². The first-order valence-electron chi connectivity index (χ1n) is 9.64. The molecule has 3 aromatic rings. The monoisotopic (exact) mass is 453 g/mol. The van der Waals surface area contributed by atoms with Gasteiger partial charge in [0.2, 0.25) is 10.0 Å². The molecule has 0 aliphatic rings. The fourth-order valence-electron chi connectivity index (χ4n) is 2.85. The summed E-state index contributed by atoms with van der Waals surface area (Å²) in [7, 11) is -3.79. The molecule has 3 aromatic carbocycles. The van der Waals surface area contributed by atoms with Crippen LogP contribution in [0.2, 0.25) is 0 Å². The van der Waals surface area contributed by atoms with Crippen LogP contribution in [0.25, 0.3) is 0 Å². The molecule has 4 amide bonds. The van der Waals surface area contributed by atoms with E-state index in [1.807, 2.05) is 25.1 Å². The third kappa shape index (κ3) is 6.56. The zero-order valence-corrected chi connectivity index (χ0v) is 18.0. The molecule has 0 aliphatic heterocycles. The average Bonchev–Trinajstić information content (AvgIpc) is 2.74. The van der Waals surface area contributed by atoms with Gasteiger partial charge in [0.1, 0.15) is 0 Å². The van der Waals surface area contributed by atoms with Crippen molar-refractivity contribution >= 4 is 39.1 Å². The quantitative estimate of drug-likeness (QED) is 0.386. The van der Waals surface area contributed by atoms with Crippen molar-refractivity contribution in [1.29, 1.82) is 0 Å². The van der Waals surface area contributed by atoms with E-state index in [4.69, 9.17) is 5.14 Å². The van der Waals surface area contributed by atoms with Gasteiger partial charge in [0, 0.05) is 17.1 Å². The molecule has 0 saturated heterocycles. The summed E-state index contributed by atoms with van der Waals surface area (Å²) >= 11 is 0. The number of urea groups is 2. The Bertz CT molecular complexity index is 1180. The van der Waals surface area contributed by atoms with Crippen LogP contribution in [0.15, 0.2) is 83.8 Å². The molecule has 32 heavy (non-hydrogen) atoms. The summed E-state index contributed by atoms with van der Waals surface area (Å²) in [5, 5.41) is 16.0. The first kappa shape index (κ1) is 22.8. The van der Waals surface area contributed by atoms with Crippen molar-refractivity contribution in [3.05, 3.63) is 84.4 Å². The van der Waals surface area contributed by atoms with Crippen LogP contribution < -0.4 is 26.4 Å². The van der Waals surface area contributed by atoms with Crippen LogP contribution in [0, 0.1) is 0 Å². The van der Waals surface area contributed by atoms with E-state index in [1.165, 1.54) is 24.3 Å². The largest absolute Gasteiger partial charge is 0.331 e. The van der Waals surface area contributed by atoms with E-state index in [9.17, 15) is 18.0 Å². The third-order valence-corrected chi connectivity index (χ3v) is 5.42. The molecule has 3 rings (SSSR count). The summed E-state index contributed by atoms with van der Waals surface area (Å²) in [6, 6.07) is 20.6. The third-order valence-electron chi connectivity index (χ3n) is 4.49. The van der Waals surface area contributed by atoms with Crippen molar-refractivity contribution < 1.29 is 18.0 Å². The van der Waals surface area contributed by atoms with Gasteiger partial charge in [-0.3, -0.25) is 0 Å². The first-order chi connectivity index (χ1) is 15.2. The predicted molar refractivity (Wildman–Crippen MR) is 124 cm³/mol. The minimum Gasteiger partial charge on any atom is -0.331 e. The average molecular weight is 454 g/mol. The summed E-state index contributed by atoms with van der Waals surface area (Å²) in [6.45, 7) is 1.81. The van der Waals surface area contributed by atoms with Crippen molar-refractivity contribution in [2.24, 2.45) is 5.14 Å². The molecule has 166 valence electrons. The highest BCUT2D eigenvalue weighted by molar-refractivity contribution is 7.89. The number of nitrogens with one attached hydrogen (secondary N) is 4. The number of anilines is 3. The minimum atomic E-state index is -3.79. The van der Waals surface area contributed by atoms with Crippen LogP contribution in [0.3, 0.4) is 0 Å². The predicted octanol–water partition coefficient (Wildman–Crippen LogP) is 3.86. The van der Waals surface area contributed by atoms with Crippen molar-refractivity contribution in [2.75, 3.05) is 16.0 Å². The summed E-state index contributed by atoms with van der Waals surface area (Å²) in [5.41, 5.74) is 2.54. The summed E-state index contributed by atoms with van der Waals surface area (Å²) in [6.07, 6.45) is 0. The van der Waals surface area contributed by atoms with Gasteiger partial charge in [0.05, 0.1) is 10.9 Å². The Labute approximate surface area is 186 Å². The smallest absolute Gasteiger partial charge is 0.323 e. The molecule has 6 N–H and O–H groups in total. The molecule has 0 bridgehead atoms. The van der Waals surface area contributed by atoms with E-state index in [0.29, 0.717) is 17.1 Å². The summed E-state index contributed by atoms with van der Waals surface area (Å²) < 4.78 is 22.6. The zero-order chi connectivity index (χ0) is 23.1. The Morgan fingerprint density at radius 2 is 1.19 bits per heavy atom. The van der Waals surface area contributed by atoms with E-state index in [-0.39, 0.29) is 17.0 Å². The van der Waals surface area contributed by atoms with Crippen molar-refractivity contribution in [3.8, 4) is 0 Å². The second-order valence-electron chi connectivity index (χ2n) is 6.96. The van der Waals surface area contributed by atoms with E-state index in [1.54, 1.807) is 36.4 Å². The maximum Gasteiger partial charge on any atom is 0.323 e. The van der Waals surface area contributed by atoms with Crippen LogP contribution in [0.4, 0.5) is 26.7 Å². The van der Waals surface area contributed by atoms with Gasteiger partial charge in [-0.25, -0.2) is 23.1 Å². The second kappa shape index (κ2) is 9.94. The Morgan fingerprint density at radius 1 is 0.719 bits per heavy atom. The molecule has 10 heteroatoms. The van der Waals surface area contributed by atoms with Gasteiger partial charge in [-0.05, 0) is 61.0 Å². The van der Waals surface area contributed by atoms with Crippen molar-refractivity contribution in [1.82, 2.24) is 5.32 Å². The lowest BCUT2D eigenvalue weighted by molar-refractivity contribution is 0.249. The van der Waals surface area contributed by atoms with Crippen molar-refractivity contribution in [3.63, 3.8) is 0 Å². The van der Waals surface area contributed by atoms with Crippen LogP contribution >= 0.6 is 0 Å². The highest BCUT2D eigenvalue weighted by atomic mass is 32.2. The number of para-hydroxylation sites is 1. The van der Waals surface area contributed by atoms with Gasteiger partial charge in [0.25, 0.3) is 0 Å². The molecule has 0 saturated carbocycles. The highest BCUT2D eigenvalue weighted by Gasteiger charge is 2.12. The van der Waals surface area contributed by atoms with Gasteiger partial charge in [0.15, 0.2) is 0 Å². The topological polar surface area (TPSA) is 142 Å². The van der Waals surface area contributed by atoms with E-state index in [0.717, 1.165) is 5.56 Å². The van der Waals surface area contributed by atoms with Crippen molar-refractivity contribution in [2.45, 2.75) is 17.9 Å². The van der Waals surface area contributed by atoms with Crippen LogP contribution in [0.5, 0.6) is 0 Å². The SMILES string of the molecule is CC(NC(=O)Nc1ccc(S(N)(=O)=O)cc1)c1ccc(NC(=O)Nc2ccccc2)cc1. The number of rotatable bonds is 6. The molecule has 0 radical (unpaired) electrons. The molecule has 9 nitrogen and oxygen atoms in total. The molecule has 0 fully saturated rings. The highest BCUT2D eigenvalue weighted by Crippen LogP contribution is 2.17. The summed E-state index contributed by atoms with van der Waals surface area (Å²) in [5.74, 6) is 0. The Hall–Kier alpha value is -3.89. The zero-order valence-electron chi connectivity index (χ0n) is 17.2. The van der Waals surface area contributed by atoms with Crippen LogP contribution in [-0.4, -0.2) is 20.5 Å². The normalized spacial score (nSPS) is 11.8. The Morgan fingerprint density at radius 3 is 1.72 bits per heavy atom. The number of sulfonamides is 1. The lowest BCUT2D eigenvalue weighted by atomic mass is 10.1. The summed E-state index contributed by atoms with van der Waals surface area (Å²) in [4.78, 5) is 24.3. The number of benzene rings is 3. The lowest BCUT2D eigenvalue weighted by Crippen LogP contribution is -2.31. The molecule has 0 heterocycles. The Kier molecular flexibility index (Phi) is 7.08. The molecule has 1 unspecified atom stereocenters. The molecule has 0 aromatic heterocycles. The van der Waals surface area contributed by atoms with E-state index >= 15 is 0 Å². The lowest BCUT2D eigenvalue weighted by Gasteiger charge is -2.16. The standard InChI is InChI=1S/C22H23N5O4S/c1-15(24-21(28)26-19-11-13-20(14-12-19)32(23,30)31)16-7-9-18(10-8-16)27-22(29)25-17-5-3-2-4-6-17/h2-15H,1H3,(H2,23,30,31)(H2,24,26,28)(H2,25,27,29). The molecule has 0 aliphatic carbocycles. The minimum absolute atomic E-state index is 0.0389. The molecule has 0 spiro atoms. The maximum absolute atomic E-state index is 12.2. The molecular weight excluding hydrogens is 430 g/mol. The molecular formula is C22H23N5O4S. The van der Waals surface area contributed by atoms with E-state index < -0.39 is 16.1 Å². The van der Waals surface area contributed by atoms with Crippen LogP contribution in [-0.2, 0) is 10.0 Å². The number of carbonyl (C=O) groups excluding carboxylic acids is 2. The van der Waals surface area contributed by atoms with Gasteiger partial charge < -0.3 is 21.3 Å².